The van der Waals surface area contributed by atoms with Gasteiger partial charge in [0, 0.05) is 34.4 Å². The fourth-order valence-electron chi connectivity index (χ4n) is 9.69. The van der Waals surface area contributed by atoms with Gasteiger partial charge < -0.3 is 4.74 Å². The van der Waals surface area contributed by atoms with E-state index >= 15 is 9.59 Å². The molecule has 12 aromatic rings. The lowest BCUT2D eigenvalue weighted by Crippen LogP contribution is -2.24. The van der Waals surface area contributed by atoms with Crippen LogP contribution in [0.5, 0.6) is 11.5 Å². The van der Waals surface area contributed by atoms with Crippen LogP contribution in [-0.4, -0.2) is 18.3 Å². The van der Waals surface area contributed by atoms with E-state index in [0.717, 1.165) is 0 Å². The Labute approximate surface area is 476 Å². The molecular formula is C70H58N4O3. The topological polar surface area (TPSA) is 63.1 Å². The third-order valence-corrected chi connectivity index (χ3v) is 13.4. The van der Waals surface area contributed by atoms with Gasteiger partial charge in [0.25, 0.3) is 0 Å². The molecule has 0 saturated carbocycles. The molecule has 2 aromatic heterocycles. The predicted molar refractivity (Wildman–Crippen MR) is 317 cm³/mol. The second-order valence-corrected chi connectivity index (χ2v) is 20.3. The van der Waals surface area contributed by atoms with Crippen LogP contribution in [0.15, 0.2) is 252 Å². The number of benzene rings is 10. The molecule has 77 heavy (non-hydrogen) atoms. The first kappa shape index (κ1) is 30.8. The average molecular weight is 1020 g/mol. The number of hydrogen-bond acceptors (Lipinski definition) is 3. The lowest BCUT2D eigenvalue weighted by Gasteiger charge is -2.23. The van der Waals surface area contributed by atoms with E-state index in [0.29, 0.717) is 11.1 Å². The van der Waals surface area contributed by atoms with E-state index in [1.165, 1.54) is 54.7 Å². The number of ether oxygens (including phenoxy) is 1. The fourth-order valence-corrected chi connectivity index (χ4v) is 9.69. The number of rotatable bonds is 10. The van der Waals surface area contributed by atoms with Crippen molar-refractivity contribution in [1.29, 1.82) is 0 Å². The second kappa shape index (κ2) is 19.3. The first-order valence-corrected chi connectivity index (χ1v) is 24.6. The van der Waals surface area contributed by atoms with Gasteiger partial charge in [-0.3, -0.25) is 18.3 Å². The van der Waals surface area contributed by atoms with Crippen molar-refractivity contribution in [3.63, 3.8) is 0 Å². The molecule has 0 atom stereocenters. The summed E-state index contributed by atoms with van der Waals surface area (Å²) in [6, 6.07) is 19.0. The molecule has 2 heterocycles. The summed E-state index contributed by atoms with van der Waals surface area (Å²) in [4.78, 5) is 32.3. The first-order chi connectivity index (χ1) is 45.6. The van der Waals surface area contributed by atoms with Gasteiger partial charge in [-0.2, -0.15) is 0 Å². The SMILES string of the molecule is [2H]c1c([2H])c([2H])c(-c2cccc(-c3c([2H])c([2H])c([2H])c([2H])c3[2H])c2-n2c(=O)n(-c3cc(Oc4cc(-n5c(=O)n(-c6c(-c7c([2H])c([2H])c([2H])c([2H])c7[2H])cccc6-c6c([2H])c([2H])c([2H])c([2H])c6[2H])c6ccccc65)cc(C(C)(C)C)c4)cc(C(C)(C)C)c3)c3ccccc32)c([2H])c1[2H]. The average Bonchev–Trinajstić information content (AvgIpc) is 1.69. The molecule has 376 valence electrons. The summed E-state index contributed by atoms with van der Waals surface area (Å²) in [5, 5.41) is 0. The van der Waals surface area contributed by atoms with Gasteiger partial charge in [0.05, 0.1) is 72.2 Å². The largest absolute Gasteiger partial charge is 0.457 e. The van der Waals surface area contributed by atoms with Gasteiger partial charge in [0.2, 0.25) is 0 Å². The molecule has 7 heteroatoms. The molecule has 0 fully saturated rings. The lowest BCUT2D eigenvalue weighted by atomic mass is 9.86. The molecule has 12 rings (SSSR count). The highest BCUT2D eigenvalue weighted by atomic mass is 16.5. The van der Waals surface area contributed by atoms with E-state index in [1.807, 2.05) is 41.5 Å². The minimum atomic E-state index is -0.790. The summed E-state index contributed by atoms with van der Waals surface area (Å²) in [5.41, 5.74) is -2.16. The van der Waals surface area contributed by atoms with Crippen molar-refractivity contribution in [2.45, 2.75) is 52.4 Å². The Morgan fingerprint density at radius 2 is 0.636 bits per heavy atom. The molecule has 0 amide bonds. The monoisotopic (exact) mass is 1020 g/mol. The second-order valence-electron chi connectivity index (χ2n) is 20.3. The van der Waals surface area contributed by atoms with E-state index in [9.17, 15) is 0 Å². The van der Waals surface area contributed by atoms with Crippen LogP contribution in [0.4, 0.5) is 0 Å². The van der Waals surface area contributed by atoms with Gasteiger partial charge in [-0.05, 0) is 92.7 Å². The molecule has 0 spiro atoms. The van der Waals surface area contributed by atoms with Gasteiger partial charge >= 0.3 is 11.4 Å². The molecule has 0 N–H and O–H groups in total. The normalized spacial score (nSPS) is 15.5. The van der Waals surface area contributed by atoms with Crippen LogP contribution in [0.2, 0.25) is 0 Å². The van der Waals surface area contributed by atoms with Crippen molar-refractivity contribution in [1.82, 2.24) is 18.3 Å². The van der Waals surface area contributed by atoms with E-state index in [4.69, 9.17) is 32.2 Å². The third-order valence-electron chi connectivity index (χ3n) is 13.4. The Balaban J connectivity index is 1.10. The van der Waals surface area contributed by atoms with Gasteiger partial charge in [-0.15, -0.1) is 0 Å². The third kappa shape index (κ3) is 8.89. The van der Waals surface area contributed by atoms with Crippen LogP contribution in [0.1, 0.15) is 80.1 Å². The van der Waals surface area contributed by atoms with Crippen molar-refractivity contribution in [2.75, 3.05) is 0 Å². The zero-order valence-electron chi connectivity index (χ0n) is 62.6. The van der Waals surface area contributed by atoms with E-state index in [2.05, 4.69) is 0 Å². The quantitative estimate of drug-likeness (QED) is 0.137. The van der Waals surface area contributed by atoms with E-state index < -0.39 is 143 Å². The molecule has 10 aromatic carbocycles. The molecule has 0 bridgehead atoms. The van der Waals surface area contributed by atoms with Crippen molar-refractivity contribution in [2.24, 2.45) is 0 Å². The van der Waals surface area contributed by atoms with Gasteiger partial charge in [-0.25, -0.2) is 9.59 Å². The Kier molecular flexibility index (Phi) is 7.74. The van der Waals surface area contributed by atoms with Crippen LogP contribution in [0, 0.1) is 0 Å². The van der Waals surface area contributed by atoms with Gasteiger partial charge in [0.15, 0.2) is 0 Å². The molecule has 0 radical (unpaired) electrons. The maximum atomic E-state index is 16.1. The fraction of sp³-hybridized carbons (Fsp3) is 0.114. The van der Waals surface area contributed by atoms with E-state index in [1.54, 1.807) is 84.9 Å². The smallest absolute Gasteiger partial charge is 0.338 e. The Morgan fingerprint density at radius 1 is 0.351 bits per heavy atom. The maximum Gasteiger partial charge on any atom is 0.338 e. The summed E-state index contributed by atoms with van der Waals surface area (Å²) in [6.07, 6.45) is 0. The Hall–Kier alpha value is -9.46. The van der Waals surface area contributed by atoms with E-state index in [-0.39, 0.29) is 101 Å². The standard InChI is InChI=1S/C70H58N4O3/c1-69(2,3)51-41-53(71-61-37-19-21-39-63(61)73(67(71)75)65-57(47-25-11-7-12-26-47)33-23-34-58(65)48-27-13-8-14-28-48)45-55(43-51)77-56-44-52(70(4,5)6)42-54(46-56)72-62-38-20-22-40-64(62)74(68(72)76)66-59(49-29-15-9-16-30-49)35-24-36-60(66)50-31-17-10-18-32-50/h7-46H,1-6H3/i7D,8D,9D,10D,11D,12D,13D,14D,15D,16D,17D,18D,25D,26D,27D,28D,29D,30D,31D,32D. The van der Waals surface area contributed by atoms with Crippen LogP contribution in [0.3, 0.4) is 0 Å². The molecule has 7 nitrogen and oxygen atoms in total. The number of para-hydroxylation sites is 6. The van der Waals surface area contributed by atoms with Crippen molar-refractivity contribution >= 4 is 22.1 Å². The molecule has 0 aliphatic heterocycles. The predicted octanol–water partition coefficient (Wildman–Crippen LogP) is 16.9. The van der Waals surface area contributed by atoms with Crippen LogP contribution >= 0.6 is 0 Å². The Morgan fingerprint density at radius 3 is 0.922 bits per heavy atom. The van der Waals surface area contributed by atoms with Gasteiger partial charge in [-0.1, -0.05) is 223 Å². The minimum Gasteiger partial charge on any atom is -0.457 e. The highest BCUT2D eigenvalue weighted by molar-refractivity contribution is 5.92. The summed E-state index contributed by atoms with van der Waals surface area (Å²) in [5.74, 6) is 0.376. The first-order valence-electron chi connectivity index (χ1n) is 34.6. The summed E-state index contributed by atoms with van der Waals surface area (Å²) in [6.45, 7) is 11.7. The minimum absolute atomic E-state index is 0.0942. The number of hydrogen-bond donors (Lipinski definition) is 0. The number of aromatic nitrogens is 4. The lowest BCUT2D eigenvalue weighted by molar-refractivity contribution is 0.474. The summed E-state index contributed by atoms with van der Waals surface area (Å²) < 4.78 is 189. The maximum absolute atomic E-state index is 16.1. The molecule has 0 saturated heterocycles. The number of imidazole rings is 2. The van der Waals surface area contributed by atoms with Crippen molar-refractivity contribution < 1.29 is 32.2 Å². The number of fused-ring (bicyclic) bond motifs is 2. The van der Waals surface area contributed by atoms with Crippen LogP contribution in [-0.2, 0) is 10.8 Å². The summed E-state index contributed by atoms with van der Waals surface area (Å²) in [7, 11) is 0. The summed E-state index contributed by atoms with van der Waals surface area (Å²) >= 11 is 0. The zero-order chi connectivity index (χ0) is 70.4. The van der Waals surface area contributed by atoms with Crippen molar-refractivity contribution in [3.05, 3.63) is 274 Å². The van der Waals surface area contributed by atoms with Crippen molar-refractivity contribution in [3.8, 4) is 78.8 Å². The highest BCUT2D eigenvalue weighted by Gasteiger charge is 2.27. The number of nitrogens with zero attached hydrogens (tertiary/aromatic N) is 4. The van der Waals surface area contributed by atoms with Gasteiger partial charge in [0.1, 0.15) is 11.5 Å². The molecular weight excluding hydrogens is 945 g/mol. The van der Waals surface area contributed by atoms with Crippen LogP contribution in [0.25, 0.3) is 89.3 Å². The zero-order valence-corrected chi connectivity index (χ0v) is 42.6. The highest BCUT2D eigenvalue weighted by Crippen LogP contribution is 2.41. The Bertz CT molecular complexity index is 4910. The van der Waals surface area contributed by atoms with Crippen LogP contribution < -0.4 is 16.1 Å². The molecule has 0 aliphatic rings. The molecule has 0 aliphatic carbocycles. The molecule has 0 unspecified atom stereocenters.